The monoisotopic (exact) mass is 596 g/mol. The molecule has 39 heavy (non-hydrogen) atoms. The van der Waals surface area contributed by atoms with Gasteiger partial charge in [0.2, 0.25) is 0 Å². The second-order valence-corrected chi connectivity index (χ2v) is 8.76. The fourth-order valence-electron chi connectivity index (χ4n) is 3.35. The van der Waals surface area contributed by atoms with Gasteiger partial charge >= 0.3 is 41.9 Å². The molecule has 0 spiro atoms. The topological polar surface area (TPSA) is 46.5 Å². The molecule has 0 amide bonds. The lowest BCUT2D eigenvalue weighted by atomic mass is 9.95. The molecule has 0 fully saturated rings. The van der Waals surface area contributed by atoms with Crippen molar-refractivity contribution in [2.24, 2.45) is 0 Å². The van der Waals surface area contributed by atoms with E-state index >= 15 is 0 Å². The number of aryl methyl sites for hydroxylation is 3. The highest BCUT2D eigenvalue weighted by Gasteiger charge is 2.91. The van der Waals surface area contributed by atoms with E-state index in [4.69, 9.17) is 0 Å². The van der Waals surface area contributed by atoms with Crippen LogP contribution in [0.2, 0.25) is 0 Å². The van der Waals surface area contributed by atoms with Crippen LogP contribution >= 0.6 is 0 Å². The minimum absolute atomic E-state index is 0.0618. The van der Waals surface area contributed by atoms with E-state index in [0.717, 1.165) is 0 Å². The predicted molar refractivity (Wildman–Crippen MR) is 111 cm³/mol. The number of carbonyl (C=O) groups excluding carboxylic acids is 1. The van der Waals surface area contributed by atoms with Gasteiger partial charge in [-0.2, -0.15) is 57.1 Å². The van der Waals surface area contributed by atoms with Crippen LogP contribution < -0.4 is 0 Å². The van der Waals surface area contributed by atoms with Crippen molar-refractivity contribution in [3.63, 3.8) is 0 Å². The van der Waals surface area contributed by atoms with Gasteiger partial charge in [-0.15, -0.1) is 0 Å². The van der Waals surface area contributed by atoms with Crippen molar-refractivity contribution in [3.05, 3.63) is 28.8 Å². The number of hydrogen-bond donors (Lipinski definition) is 1. The molecule has 226 valence electrons. The van der Waals surface area contributed by atoms with Gasteiger partial charge in [0, 0.05) is 6.42 Å². The highest BCUT2D eigenvalue weighted by molar-refractivity contribution is 5.70. The Morgan fingerprint density at radius 1 is 0.692 bits per heavy atom. The summed E-state index contributed by atoms with van der Waals surface area (Å²) in [6.45, 7) is 3.68. The number of halogens is 13. The number of alkyl halides is 13. The molecule has 1 N–H and O–H groups in total. The van der Waals surface area contributed by atoms with E-state index in [1.165, 1.54) is 12.1 Å². The van der Waals surface area contributed by atoms with Crippen molar-refractivity contribution < 1.29 is 71.7 Å². The van der Waals surface area contributed by atoms with Crippen molar-refractivity contribution in [1.82, 2.24) is 0 Å². The quantitative estimate of drug-likeness (QED) is 0.174. The van der Waals surface area contributed by atoms with Gasteiger partial charge in [-0.3, -0.25) is 4.79 Å². The van der Waals surface area contributed by atoms with E-state index in [0.29, 0.717) is 49.7 Å². The summed E-state index contributed by atoms with van der Waals surface area (Å²) in [6, 6.07) is 2.71. The maximum Gasteiger partial charge on any atom is 0.473 e. The molecular formula is C23H25F13O3. The Morgan fingerprint density at radius 2 is 1.10 bits per heavy atom. The molecule has 0 saturated carbocycles. The zero-order chi connectivity index (χ0) is 30.7. The van der Waals surface area contributed by atoms with Crippen LogP contribution in [0.4, 0.5) is 57.1 Å². The van der Waals surface area contributed by atoms with Gasteiger partial charge < -0.3 is 9.84 Å². The first kappa shape index (κ1) is 34.6. The molecule has 0 heterocycles. The van der Waals surface area contributed by atoms with Crippen LogP contribution in [0, 0.1) is 0 Å². The number of phenolic OH excluding ortho intramolecular Hbond substituents is 1. The van der Waals surface area contributed by atoms with E-state index in [9.17, 15) is 67.0 Å². The SMILES string of the molecule is CCCCc1cc(CCC(=O)OC(F)(F)C(F)(F)C(F)(F)C(F)(F)C(F)(F)C(F)(F)F)cc(CCCC)c1O. The summed E-state index contributed by atoms with van der Waals surface area (Å²) >= 11 is 0. The Morgan fingerprint density at radius 3 is 1.49 bits per heavy atom. The van der Waals surface area contributed by atoms with E-state index in [2.05, 4.69) is 4.74 Å². The molecule has 0 aliphatic rings. The number of aromatic hydroxyl groups is 1. The molecule has 0 atom stereocenters. The molecule has 1 aromatic carbocycles. The molecule has 16 heteroatoms. The molecular weight excluding hydrogens is 571 g/mol. The summed E-state index contributed by atoms with van der Waals surface area (Å²) in [5.41, 5.74) is 0.995. The summed E-state index contributed by atoms with van der Waals surface area (Å²) in [5.74, 6) is -34.1. The van der Waals surface area contributed by atoms with E-state index in [1.54, 1.807) is 0 Å². The average molecular weight is 596 g/mol. The molecule has 3 nitrogen and oxygen atoms in total. The molecule has 0 aliphatic carbocycles. The smallest absolute Gasteiger partial charge is 0.473 e. The Labute approximate surface area is 214 Å². The number of phenols is 1. The van der Waals surface area contributed by atoms with Gasteiger partial charge in [0.15, 0.2) is 0 Å². The van der Waals surface area contributed by atoms with Crippen LogP contribution in [-0.2, 0) is 28.8 Å². The number of carbonyl (C=O) groups is 1. The minimum atomic E-state index is -8.08. The van der Waals surface area contributed by atoms with Gasteiger partial charge in [-0.05, 0) is 48.8 Å². The number of rotatable bonds is 14. The molecule has 0 bridgehead atoms. The third kappa shape index (κ3) is 6.84. The number of unbranched alkanes of at least 4 members (excludes halogenated alkanes) is 2. The highest BCUT2D eigenvalue weighted by atomic mass is 19.4. The highest BCUT2D eigenvalue weighted by Crippen LogP contribution is 2.60. The average Bonchev–Trinajstić information content (AvgIpc) is 2.80. The van der Waals surface area contributed by atoms with Crippen LogP contribution in [0.1, 0.15) is 62.6 Å². The van der Waals surface area contributed by atoms with Crippen molar-refractivity contribution in [1.29, 1.82) is 0 Å². The number of esters is 1. The van der Waals surface area contributed by atoms with E-state index in [-0.39, 0.29) is 11.3 Å². The van der Waals surface area contributed by atoms with Crippen LogP contribution in [0.5, 0.6) is 5.75 Å². The maximum atomic E-state index is 13.8. The number of benzene rings is 1. The largest absolute Gasteiger partial charge is 0.507 e. The number of ether oxygens (including phenoxy) is 1. The van der Waals surface area contributed by atoms with Crippen LogP contribution in [0.25, 0.3) is 0 Å². The van der Waals surface area contributed by atoms with Crippen molar-refractivity contribution in [2.75, 3.05) is 0 Å². The van der Waals surface area contributed by atoms with Crippen LogP contribution in [0.15, 0.2) is 12.1 Å². The van der Waals surface area contributed by atoms with E-state index < -0.39 is 54.8 Å². The molecule has 1 aromatic rings. The molecule has 0 aliphatic heterocycles. The van der Waals surface area contributed by atoms with Gasteiger partial charge in [-0.1, -0.05) is 38.8 Å². The lowest BCUT2D eigenvalue weighted by Gasteiger charge is -2.38. The summed E-state index contributed by atoms with van der Waals surface area (Å²) in [4.78, 5) is 11.7. The zero-order valence-electron chi connectivity index (χ0n) is 20.5. The standard InChI is InChI=1S/C23H25F13O3/c1-3-5-7-14-11-13(12-15(17(14)38)8-6-4-2)9-10-16(37)39-23(35,36)21(30,31)19(26,27)18(24,25)20(28,29)22(32,33)34/h11-12,38H,3-10H2,1-2H3. The summed E-state index contributed by atoms with van der Waals surface area (Å²) in [6.07, 6.45) is -12.9. The van der Waals surface area contributed by atoms with Crippen molar-refractivity contribution >= 4 is 5.97 Å². The molecule has 0 aromatic heterocycles. The van der Waals surface area contributed by atoms with Crippen LogP contribution in [0.3, 0.4) is 0 Å². The van der Waals surface area contributed by atoms with Crippen molar-refractivity contribution in [3.8, 4) is 5.75 Å². The fraction of sp³-hybridized carbons (Fsp3) is 0.696. The molecule has 0 unspecified atom stereocenters. The Kier molecular flexibility index (Phi) is 10.6. The first-order valence-electron chi connectivity index (χ1n) is 11.5. The lowest BCUT2D eigenvalue weighted by Crippen LogP contribution is -2.70. The molecule has 0 radical (unpaired) electrons. The maximum absolute atomic E-state index is 13.8. The number of hydrogen-bond acceptors (Lipinski definition) is 3. The summed E-state index contributed by atoms with van der Waals surface area (Å²) < 4.78 is 174. The Balaban J connectivity index is 3.18. The normalized spacial score (nSPS) is 14.0. The van der Waals surface area contributed by atoms with Gasteiger partial charge in [0.05, 0.1) is 0 Å². The van der Waals surface area contributed by atoms with Gasteiger partial charge in [-0.25, -0.2) is 0 Å². The van der Waals surface area contributed by atoms with Gasteiger partial charge in [0.1, 0.15) is 5.75 Å². The van der Waals surface area contributed by atoms with Crippen molar-refractivity contribution in [2.45, 2.75) is 101 Å². The summed E-state index contributed by atoms with van der Waals surface area (Å²) in [5, 5.41) is 10.4. The third-order valence-electron chi connectivity index (χ3n) is 5.69. The third-order valence-corrected chi connectivity index (χ3v) is 5.69. The fourth-order valence-corrected chi connectivity index (χ4v) is 3.35. The molecule has 0 saturated heterocycles. The predicted octanol–water partition coefficient (Wildman–Crippen LogP) is 8.25. The van der Waals surface area contributed by atoms with E-state index in [1.807, 2.05) is 13.8 Å². The second kappa shape index (κ2) is 12.0. The lowest BCUT2D eigenvalue weighted by molar-refractivity contribution is -0.460. The molecule has 1 rings (SSSR count). The first-order valence-corrected chi connectivity index (χ1v) is 11.5. The zero-order valence-corrected chi connectivity index (χ0v) is 20.5. The van der Waals surface area contributed by atoms with Crippen LogP contribution in [-0.4, -0.2) is 47.1 Å². The Bertz CT molecular complexity index is 959. The summed E-state index contributed by atoms with van der Waals surface area (Å²) in [7, 11) is 0. The second-order valence-electron chi connectivity index (χ2n) is 8.76. The Hall–Kier alpha value is -2.42. The van der Waals surface area contributed by atoms with Gasteiger partial charge in [0.25, 0.3) is 0 Å². The first-order chi connectivity index (χ1) is 17.5. The minimum Gasteiger partial charge on any atom is -0.507 e.